The molecule has 8 aromatic carbocycles. The highest BCUT2D eigenvalue weighted by atomic mass is 32.1. The molecule has 1 aliphatic heterocycles. The van der Waals surface area contributed by atoms with Crippen molar-refractivity contribution in [3.05, 3.63) is 173 Å². The largest absolute Gasteiger partial charge is 0.355 e. The van der Waals surface area contributed by atoms with E-state index in [2.05, 4.69) is 226 Å². The molecule has 321 valence electrons. The lowest BCUT2D eigenvalue weighted by Crippen LogP contribution is -2.38. The molecule has 2 aromatic heterocycles. The second kappa shape index (κ2) is 13.2. The van der Waals surface area contributed by atoms with Gasteiger partial charge in [0.15, 0.2) is 7.28 Å². The van der Waals surface area contributed by atoms with Crippen molar-refractivity contribution in [2.24, 2.45) is 0 Å². The first-order chi connectivity index (χ1) is 31.5. The van der Waals surface area contributed by atoms with Gasteiger partial charge in [0, 0.05) is 69.9 Å². The van der Waals surface area contributed by atoms with Crippen molar-refractivity contribution in [1.82, 2.24) is 4.57 Å². The molecule has 2 nitrogen and oxygen atoms in total. The number of hydrogen-bond acceptors (Lipinski definition) is 2. The van der Waals surface area contributed by atoms with Crippen molar-refractivity contribution in [2.75, 3.05) is 5.32 Å². The van der Waals surface area contributed by atoms with E-state index >= 15 is 0 Å². The van der Waals surface area contributed by atoms with Crippen LogP contribution < -0.4 is 16.2 Å². The van der Waals surface area contributed by atoms with Gasteiger partial charge in [0.2, 0.25) is 0 Å². The minimum absolute atomic E-state index is 0.0710. The molecule has 10 aromatic rings. The molecule has 1 N–H and O–H groups in total. The van der Waals surface area contributed by atoms with Crippen LogP contribution in [0, 0.1) is 0 Å². The molecule has 0 spiro atoms. The van der Waals surface area contributed by atoms with Gasteiger partial charge in [-0.15, -0.1) is 11.3 Å². The number of aromatic nitrogens is 1. The average molecular weight is 870 g/mol. The summed E-state index contributed by atoms with van der Waals surface area (Å²) in [6.07, 6.45) is 0. The van der Waals surface area contributed by atoms with Gasteiger partial charge in [-0.05, 0) is 126 Å². The van der Waals surface area contributed by atoms with Crippen LogP contribution in [0.2, 0.25) is 0 Å². The Hall–Kier alpha value is -6.36. The zero-order valence-electron chi connectivity index (χ0n) is 39.7. The van der Waals surface area contributed by atoms with E-state index in [1.165, 1.54) is 125 Å². The number of fused-ring (bicyclic) bond motifs is 14. The first-order valence-corrected chi connectivity index (χ1v) is 24.6. The molecule has 2 aliphatic carbocycles. The van der Waals surface area contributed by atoms with Crippen LogP contribution >= 0.6 is 11.3 Å². The van der Waals surface area contributed by atoms with Gasteiger partial charge in [0.1, 0.15) is 0 Å². The molecule has 0 fully saturated rings. The first-order valence-electron chi connectivity index (χ1n) is 23.7. The van der Waals surface area contributed by atoms with Gasteiger partial charge in [-0.2, -0.15) is 0 Å². The second-order valence-electron chi connectivity index (χ2n) is 22.5. The highest BCUT2D eigenvalue weighted by Crippen LogP contribution is 2.53. The molecule has 0 saturated carbocycles. The van der Waals surface area contributed by atoms with Gasteiger partial charge in [-0.3, -0.25) is 0 Å². The molecular weight excluding hydrogens is 816 g/mol. The smallest absolute Gasteiger partial charge is 0.197 e. The van der Waals surface area contributed by atoms with E-state index in [9.17, 15) is 0 Å². The fraction of sp³-hybridized carbons (Fsp3) is 0.226. The molecule has 4 heteroatoms. The molecule has 66 heavy (non-hydrogen) atoms. The Balaban J connectivity index is 1.10. The van der Waals surface area contributed by atoms with Crippen molar-refractivity contribution in [3.8, 4) is 39.1 Å². The molecule has 0 saturated heterocycles. The summed E-state index contributed by atoms with van der Waals surface area (Å²) >= 11 is 1.92. The lowest BCUT2D eigenvalue weighted by atomic mass is 9.58. The molecule has 3 aliphatic rings. The first kappa shape index (κ1) is 40.0. The Morgan fingerprint density at radius 3 is 1.77 bits per heavy atom. The third kappa shape index (κ3) is 5.48. The number of rotatable bonds is 3. The fourth-order valence-electron chi connectivity index (χ4n) is 12.0. The molecule has 0 unspecified atom stereocenters. The summed E-state index contributed by atoms with van der Waals surface area (Å²) in [5.41, 5.74) is 24.6. The maximum absolute atomic E-state index is 4.00. The van der Waals surface area contributed by atoms with Crippen LogP contribution in [0.1, 0.15) is 103 Å². The minimum atomic E-state index is -0.117. The standard InChI is InChI=1S/C62H54BN2S/c1-59(2,3)34-19-22-36(23-20-34)64-52-29-46-39-24-21-35(60(4,5)6)27-55(39)66-56(46)31-44(52)40-25-26-41-45-28-42-37-15-11-13-17-47(37)62(9,10)50(42)33-53(45)65-54-30-43-38-16-12-14-18-48(38)61(7,8)49(43)32-51(54)63-57(40)58(41)65/h11-33,64H,1-10H3. The van der Waals surface area contributed by atoms with E-state index < -0.39 is 0 Å². The van der Waals surface area contributed by atoms with Gasteiger partial charge < -0.3 is 9.88 Å². The van der Waals surface area contributed by atoms with Crippen LogP contribution in [0.4, 0.5) is 11.4 Å². The maximum atomic E-state index is 4.00. The fourth-order valence-corrected chi connectivity index (χ4v) is 13.2. The predicted molar refractivity (Wildman–Crippen MR) is 286 cm³/mol. The van der Waals surface area contributed by atoms with E-state index in [1.54, 1.807) is 0 Å². The molecule has 1 radical (unpaired) electrons. The summed E-state index contributed by atoms with van der Waals surface area (Å²) in [5.74, 6) is 0. The summed E-state index contributed by atoms with van der Waals surface area (Å²) in [6, 6.07) is 54.1. The molecule has 13 rings (SSSR count). The summed E-state index contributed by atoms with van der Waals surface area (Å²) in [5, 5.41) is 9.20. The summed E-state index contributed by atoms with van der Waals surface area (Å²) in [4.78, 5) is 0. The highest BCUT2D eigenvalue weighted by Gasteiger charge is 2.40. The van der Waals surface area contributed by atoms with Crippen LogP contribution in [0.3, 0.4) is 0 Å². The Morgan fingerprint density at radius 1 is 0.485 bits per heavy atom. The molecular formula is C62H54BN2S. The molecule has 3 heterocycles. The third-order valence-electron chi connectivity index (χ3n) is 15.7. The van der Waals surface area contributed by atoms with E-state index in [-0.39, 0.29) is 21.7 Å². The minimum Gasteiger partial charge on any atom is -0.355 e. The normalized spacial score (nSPS) is 15.2. The molecule has 0 amide bonds. The Kier molecular flexibility index (Phi) is 7.97. The SMILES string of the molecule is CC(C)(C)c1ccc(Nc2cc3c(cc2-c2ccc4c5cc6c(cc5n5c4c2[B]c2cc4c(cc2-5)-c2ccccc2C4(C)C)C(C)(C)c2ccccc2-6)sc2cc(C(C)(C)C)ccc23)cc1. The summed E-state index contributed by atoms with van der Waals surface area (Å²) in [7, 11) is 2.52. The van der Waals surface area contributed by atoms with Crippen LogP contribution in [-0.4, -0.2) is 11.8 Å². The highest BCUT2D eigenvalue weighted by molar-refractivity contribution is 7.25. The molecule has 0 bridgehead atoms. The van der Waals surface area contributed by atoms with Crippen LogP contribution in [0.15, 0.2) is 140 Å². The summed E-state index contributed by atoms with van der Waals surface area (Å²) < 4.78 is 5.28. The van der Waals surface area contributed by atoms with Crippen molar-refractivity contribution >= 4 is 82.9 Å². The number of thiophene rings is 1. The Morgan fingerprint density at radius 2 is 1.09 bits per heavy atom. The third-order valence-corrected chi connectivity index (χ3v) is 16.9. The lowest BCUT2D eigenvalue weighted by molar-refractivity contribution is 0.590. The zero-order chi connectivity index (χ0) is 45.4. The molecule has 0 atom stereocenters. The van der Waals surface area contributed by atoms with Crippen molar-refractivity contribution < 1.29 is 0 Å². The van der Waals surface area contributed by atoms with E-state index in [4.69, 9.17) is 0 Å². The van der Waals surface area contributed by atoms with Crippen molar-refractivity contribution in [1.29, 1.82) is 0 Å². The Bertz CT molecular complexity index is 3770. The quantitative estimate of drug-likeness (QED) is 0.175. The number of nitrogens with zero attached hydrogens (tertiary/aromatic N) is 1. The monoisotopic (exact) mass is 869 g/mol. The summed E-state index contributed by atoms with van der Waals surface area (Å²) in [6.45, 7) is 23.4. The number of benzene rings is 8. The maximum Gasteiger partial charge on any atom is 0.197 e. The van der Waals surface area contributed by atoms with Crippen LogP contribution in [-0.2, 0) is 21.7 Å². The topological polar surface area (TPSA) is 17.0 Å². The van der Waals surface area contributed by atoms with E-state index in [0.29, 0.717) is 0 Å². The van der Waals surface area contributed by atoms with Gasteiger partial charge >= 0.3 is 0 Å². The van der Waals surface area contributed by atoms with Crippen LogP contribution in [0.25, 0.3) is 81.0 Å². The van der Waals surface area contributed by atoms with Gasteiger partial charge in [-0.25, -0.2) is 0 Å². The predicted octanol–water partition coefficient (Wildman–Crippen LogP) is 15.7. The second-order valence-corrected chi connectivity index (χ2v) is 23.6. The lowest BCUT2D eigenvalue weighted by Gasteiger charge is -2.27. The Labute approximate surface area is 393 Å². The number of nitrogens with one attached hydrogen (secondary N) is 1. The average Bonchev–Trinajstić information content (AvgIpc) is 3.95. The van der Waals surface area contributed by atoms with Crippen LogP contribution in [0.5, 0.6) is 0 Å². The van der Waals surface area contributed by atoms with E-state index in [0.717, 1.165) is 11.4 Å². The van der Waals surface area contributed by atoms with Crippen molar-refractivity contribution in [2.45, 2.75) is 90.9 Å². The van der Waals surface area contributed by atoms with Gasteiger partial charge in [0.05, 0.1) is 5.52 Å². The number of hydrogen-bond donors (Lipinski definition) is 1. The van der Waals surface area contributed by atoms with Crippen molar-refractivity contribution in [3.63, 3.8) is 0 Å². The van der Waals surface area contributed by atoms with Gasteiger partial charge in [-0.1, -0.05) is 166 Å². The number of anilines is 2. The van der Waals surface area contributed by atoms with Gasteiger partial charge in [0.25, 0.3) is 0 Å². The van der Waals surface area contributed by atoms with E-state index in [1.807, 2.05) is 11.3 Å². The zero-order valence-corrected chi connectivity index (χ0v) is 40.5.